The summed E-state index contributed by atoms with van der Waals surface area (Å²) in [6.45, 7) is 0. The average Bonchev–Trinajstić information content (AvgIpc) is 2.98. The van der Waals surface area contributed by atoms with E-state index in [4.69, 9.17) is 16.3 Å². The van der Waals surface area contributed by atoms with Crippen molar-refractivity contribution in [3.63, 3.8) is 0 Å². The highest BCUT2D eigenvalue weighted by Crippen LogP contribution is 2.13. The minimum Gasteiger partial charge on any atom is -0.497 e. The molecule has 8 heteroatoms. The van der Waals surface area contributed by atoms with Crippen LogP contribution in [-0.4, -0.2) is 21.7 Å². The molecule has 0 saturated carbocycles. The molecule has 6 nitrogen and oxygen atoms in total. The molecule has 140 valence electrons. The third-order valence-corrected chi connectivity index (χ3v) is 5.34. The van der Waals surface area contributed by atoms with E-state index in [-0.39, 0.29) is 22.6 Å². The second-order valence-corrected chi connectivity index (χ2v) is 7.50. The van der Waals surface area contributed by atoms with Crippen molar-refractivity contribution >= 4 is 34.0 Å². The number of ether oxygens (including phenoxy) is 1. The lowest BCUT2D eigenvalue weighted by atomic mass is 10.1. The molecule has 0 aliphatic heterocycles. The van der Waals surface area contributed by atoms with Crippen LogP contribution in [0.1, 0.15) is 16.8 Å². The fraction of sp³-hybridized carbons (Fsp3) is 0.100. The molecule has 0 unspecified atom stereocenters. The molecule has 0 spiro atoms. The van der Waals surface area contributed by atoms with Crippen LogP contribution in [0.25, 0.3) is 11.0 Å². The Morgan fingerprint density at radius 1 is 1.18 bits per heavy atom. The van der Waals surface area contributed by atoms with E-state index in [2.05, 4.69) is 10.1 Å². The molecule has 28 heavy (non-hydrogen) atoms. The molecule has 0 atom stereocenters. The smallest absolute Gasteiger partial charge is 0.296 e. The topological polar surface area (TPSA) is 73.6 Å². The molecule has 2 heterocycles. The quantitative estimate of drug-likeness (QED) is 0.515. The number of rotatable bonds is 4. The van der Waals surface area contributed by atoms with Gasteiger partial charge in [-0.15, -0.1) is 0 Å². The molecule has 0 bridgehead atoms. The summed E-state index contributed by atoms with van der Waals surface area (Å²) in [6.07, 6.45) is 2.01. The molecule has 0 aliphatic carbocycles. The fourth-order valence-corrected chi connectivity index (χ4v) is 3.76. The largest absolute Gasteiger partial charge is 0.497 e. The summed E-state index contributed by atoms with van der Waals surface area (Å²) in [4.78, 5) is 29.4. The Morgan fingerprint density at radius 3 is 2.71 bits per heavy atom. The molecule has 0 N–H and O–H groups in total. The number of thiazole rings is 1. The van der Waals surface area contributed by atoms with Crippen LogP contribution in [0.15, 0.2) is 58.1 Å². The Labute approximate surface area is 168 Å². The van der Waals surface area contributed by atoms with Crippen LogP contribution in [-0.2, 0) is 6.42 Å². The van der Waals surface area contributed by atoms with Gasteiger partial charge in [0.25, 0.3) is 11.1 Å². The first kappa shape index (κ1) is 18.3. The monoisotopic (exact) mass is 411 g/mol. The number of aromatic nitrogens is 3. The third kappa shape index (κ3) is 3.67. The van der Waals surface area contributed by atoms with Crippen molar-refractivity contribution in [2.75, 3.05) is 7.11 Å². The molecule has 0 fully saturated rings. The van der Waals surface area contributed by atoms with E-state index in [0.717, 1.165) is 22.5 Å². The molecule has 4 aromatic rings. The number of halogens is 1. The van der Waals surface area contributed by atoms with Gasteiger partial charge in [-0.2, -0.15) is 14.6 Å². The summed E-state index contributed by atoms with van der Waals surface area (Å²) in [7, 11) is 1.58. The minimum atomic E-state index is -0.441. The van der Waals surface area contributed by atoms with Gasteiger partial charge in [0.2, 0.25) is 4.96 Å². The van der Waals surface area contributed by atoms with Crippen LogP contribution in [0.2, 0.25) is 5.02 Å². The van der Waals surface area contributed by atoms with Gasteiger partial charge in [0.15, 0.2) is 0 Å². The first-order chi connectivity index (χ1) is 13.5. The summed E-state index contributed by atoms with van der Waals surface area (Å²) in [5.41, 5.74) is 1.13. The number of hydrogen-bond acceptors (Lipinski definition) is 6. The Balaban J connectivity index is 1.78. The van der Waals surface area contributed by atoms with Gasteiger partial charge in [0.05, 0.1) is 11.6 Å². The second-order valence-electron chi connectivity index (χ2n) is 6.05. The number of benzene rings is 2. The van der Waals surface area contributed by atoms with Crippen molar-refractivity contribution in [1.29, 1.82) is 0 Å². The minimum absolute atomic E-state index is 0.211. The Kier molecular flexibility index (Phi) is 4.93. The fourth-order valence-electron chi connectivity index (χ4n) is 2.73. The first-order valence-corrected chi connectivity index (χ1v) is 9.56. The maximum atomic E-state index is 12.7. The first-order valence-electron chi connectivity index (χ1n) is 8.36. The van der Waals surface area contributed by atoms with E-state index in [9.17, 15) is 9.59 Å². The van der Waals surface area contributed by atoms with Crippen LogP contribution in [0, 0.1) is 0 Å². The van der Waals surface area contributed by atoms with E-state index in [1.807, 2.05) is 36.4 Å². The summed E-state index contributed by atoms with van der Waals surface area (Å²) >= 11 is 7.01. The number of hydrogen-bond donors (Lipinski definition) is 0. The van der Waals surface area contributed by atoms with Gasteiger partial charge in [0.1, 0.15) is 11.4 Å². The Bertz CT molecular complexity index is 1330. The number of fused-ring (bicyclic) bond motifs is 1. The van der Waals surface area contributed by atoms with Gasteiger partial charge in [0, 0.05) is 11.4 Å². The van der Waals surface area contributed by atoms with Crippen molar-refractivity contribution < 1.29 is 4.74 Å². The predicted molar refractivity (Wildman–Crippen MR) is 109 cm³/mol. The summed E-state index contributed by atoms with van der Waals surface area (Å²) in [5, 5.41) is 4.86. The van der Waals surface area contributed by atoms with Crippen molar-refractivity contribution in [2.24, 2.45) is 0 Å². The maximum absolute atomic E-state index is 12.7. The molecule has 2 aromatic carbocycles. The lowest BCUT2D eigenvalue weighted by molar-refractivity contribution is 0.414. The molecular formula is C20H14ClN3O3S. The number of methoxy groups -OCH3 is 1. The van der Waals surface area contributed by atoms with Crippen LogP contribution in [0.5, 0.6) is 5.75 Å². The van der Waals surface area contributed by atoms with Crippen molar-refractivity contribution in [3.8, 4) is 5.75 Å². The zero-order valence-corrected chi connectivity index (χ0v) is 16.3. The Hall–Kier alpha value is -3.03. The predicted octanol–water partition coefficient (Wildman–Crippen LogP) is 2.31. The van der Waals surface area contributed by atoms with Crippen LogP contribution < -0.4 is 20.4 Å². The van der Waals surface area contributed by atoms with Crippen molar-refractivity contribution in [3.05, 3.63) is 95.6 Å². The zero-order chi connectivity index (χ0) is 19.7. The van der Waals surface area contributed by atoms with Gasteiger partial charge < -0.3 is 4.74 Å². The van der Waals surface area contributed by atoms with Crippen LogP contribution in [0.3, 0.4) is 0 Å². The van der Waals surface area contributed by atoms with E-state index >= 15 is 0 Å². The molecular weight excluding hydrogens is 398 g/mol. The molecule has 0 saturated heterocycles. The van der Waals surface area contributed by atoms with E-state index in [0.29, 0.717) is 15.3 Å². The zero-order valence-electron chi connectivity index (χ0n) is 14.8. The molecule has 4 rings (SSSR count). The second kappa shape index (κ2) is 7.53. The summed E-state index contributed by atoms with van der Waals surface area (Å²) in [5.74, 6) is 0.693. The van der Waals surface area contributed by atoms with Crippen molar-refractivity contribution in [1.82, 2.24) is 14.6 Å². The highest BCUT2D eigenvalue weighted by Gasteiger charge is 2.12. The molecule has 2 aromatic heterocycles. The number of nitrogens with zero attached hydrogens (tertiary/aromatic N) is 3. The average molecular weight is 412 g/mol. The molecule has 0 amide bonds. The van der Waals surface area contributed by atoms with Gasteiger partial charge in [-0.3, -0.25) is 9.59 Å². The van der Waals surface area contributed by atoms with Crippen molar-refractivity contribution in [2.45, 2.75) is 6.42 Å². The summed E-state index contributed by atoms with van der Waals surface area (Å²) < 4.78 is 6.83. The SMILES string of the molecule is COc1cccc(C=c2sc3nc(=O)c(Cc4ccc(Cl)cc4)nn3c2=O)c1. The van der Waals surface area contributed by atoms with E-state index in [1.54, 1.807) is 25.3 Å². The van der Waals surface area contributed by atoms with Crippen LogP contribution >= 0.6 is 22.9 Å². The van der Waals surface area contributed by atoms with Gasteiger partial charge in [-0.25, -0.2) is 0 Å². The summed E-state index contributed by atoms with van der Waals surface area (Å²) in [6, 6.07) is 14.5. The van der Waals surface area contributed by atoms with E-state index < -0.39 is 5.56 Å². The lowest BCUT2D eigenvalue weighted by Crippen LogP contribution is -2.28. The standard InChI is InChI=1S/C20H14ClN3O3S/c1-27-15-4-2-3-13(9-15)11-17-19(26)24-20(28-17)22-18(25)16(23-24)10-12-5-7-14(21)8-6-12/h2-9,11H,10H2,1H3. The van der Waals surface area contributed by atoms with Crippen LogP contribution in [0.4, 0.5) is 0 Å². The highest BCUT2D eigenvalue weighted by molar-refractivity contribution is 7.15. The third-order valence-electron chi connectivity index (χ3n) is 4.13. The maximum Gasteiger partial charge on any atom is 0.296 e. The van der Waals surface area contributed by atoms with Gasteiger partial charge in [-0.1, -0.05) is 47.2 Å². The van der Waals surface area contributed by atoms with Gasteiger partial charge >= 0.3 is 0 Å². The normalized spacial score (nSPS) is 11.9. The molecule has 0 aliphatic rings. The highest BCUT2D eigenvalue weighted by atomic mass is 35.5. The van der Waals surface area contributed by atoms with E-state index in [1.165, 1.54) is 4.52 Å². The lowest BCUT2D eigenvalue weighted by Gasteiger charge is -2.00. The molecule has 0 radical (unpaired) electrons. The van der Waals surface area contributed by atoms with Gasteiger partial charge in [-0.05, 0) is 41.5 Å². The Morgan fingerprint density at radius 2 is 1.96 bits per heavy atom.